The maximum absolute atomic E-state index is 15.7. The van der Waals surface area contributed by atoms with Gasteiger partial charge in [-0.2, -0.15) is 4.39 Å². The summed E-state index contributed by atoms with van der Waals surface area (Å²) in [4.78, 5) is 16.0. The summed E-state index contributed by atoms with van der Waals surface area (Å²) in [6.45, 7) is 4.60. The molecule has 0 fully saturated rings. The van der Waals surface area contributed by atoms with Gasteiger partial charge >= 0.3 is 6.09 Å². The fraction of sp³-hybridized carbons (Fsp3) is 0.304. The van der Waals surface area contributed by atoms with Gasteiger partial charge in [0.15, 0.2) is 5.82 Å². The Morgan fingerprint density at radius 3 is 2.47 bits per heavy atom. The number of hydrogen-bond acceptors (Lipinski definition) is 5. The molecule has 3 aromatic rings. The number of carbonyl (C=O) groups is 1. The molecule has 2 aromatic heterocycles. The number of aromatic nitrogens is 2. The van der Waals surface area contributed by atoms with Crippen molar-refractivity contribution in [2.24, 2.45) is 5.41 Å². The first-order chi connectivity index (χ1) is 15.8. The third kappa shape index (κ3) is 5.26. The summed E-state index contributed by atoms with van der Waals surface area (Å²) in [5, 5.41) is 19.0. The molecule has 1 aromatic carbocycles. The highest BCUT2D eigenvalue weighted by atomic mass is 32.2. The minimum absolute atomic E-state index is 0.0504. The van der Waals surface area contributed by atoms with Crippen LogP contribution in [0.1, 0.15) is 31.9 Å². The van der Waals surface area contributed by atoms with Crippen LogP contribution in [-0.2, 0) is 23.2 Å². The normalized spacial score (nSPS) is 12.1. The summed E-state index contributed by atoms with van der Waals surface area (Å²) in [5.41, 5.74) is -1.38. The van der Waals surface area contributed by atoms with Crippen LogP contribution in [0.15, 0.2) is 53.7 Å². The zero-order valence-corrected chi connectivity index (χ0v) is 19.7. The van der Waals surface area contributed by atoms with Gasteiger partial charge < -0.3 is 15.1 Å². The smallest absolute Gasteiger partial charge is 0.407 e. The van der Waals surface area contributed by atoms with Crippen LogP contribution in [0, 0.1) is 17.2 Å². The maximum atomic E-state index is 15.7. The first kappa shape index (κ1) is 25.3. The fourth-order valence-electron chi connectivity index (χ4n) is 3.50. The number of benzene rings is 1. The number of nitrogens with zero attached hydrogens (tertiary/aromatic N) is 3. The molecule has 2 heterocycles. The monoisotopic (exact) mass is 493 g/mol. The largest absolute Gasteiger partial charge is 0.465 e. The molecule has 0 aliphatic rings. The van der Waals surface area contributed by atoms with E-state index in [1.165, 1.54) is 36.4 Å². The van der Waals surface area contributed by atoms with Crippen molar-refractivity contribution in [2.75, 3.05) is 6.54 Å². The van der Waals surface area contributed by atoms with Gasteiger partial charge in [0.25, 0.3) is 10.0 Å². The van der Waals surface area contributed by atoms with Crippen LogP contribution in [0.2, 0.25) is 0 Å². The van der Waals surface area contributed by atoms with E-state index in [1.54, 1.807) is 20.8 Å². The van der Waals surface area contributed by atoms with Crippen molar-refractivity contribution in [3.8, 4) is 11.3 Å². The van der Waals surface area contributed by atoms with Gasteiger partial charge in [0.05, 0.1) is 23.6 Å². The van der Waals surface area contributed by atoms with Crippen LogP contribution in [0.5, 0.6) is 0 Å². The van der Waals surface area contributed by atoms with Crippen LogP contribution in [-0.4, -0.2) is 45.1 Å². The van der Waals surface area contributed by atoms with Gasteiger partial charge in [-0.3, -0.25) is 0 Å². The molecule has 8 nitrogen and oxygen atoms in total. The van der Waals surface area contributed by atoms with E-state index in [0.717, 1.165) is 17.3 Å². The standard InChI is InChI=1S/C23H25F2N3O5S/c1-23(2,3)14-27(22(30)31)11-16-12-28(20(19(16)24)18-8-5-9-26-21(18)25)34(32,33)17-7-4-6-15(10-17)13-29/h4-10,12,29H,11,13-14H2,1-3H3,(H,30,31). The highest BCUT2D eigenvalue weighted by Gasteiger charge is 2.30. The van der Waals surface area contributed by atoms with Crippen LogP contribution in [0.3, 0.4) is 0 Å². The lowest BCUT2D eigenvalue weighted by molar-refractivity contribution is 0.122. The van der Waals surface area contributed by atoms with Gasteiger partial charge in [0, 0.05) is 24.5 Å². The number of halogens is 2. The molecule has 0 atom stereocenters. The number of rotatable bonds is 7. The third-order valence-electron chi connectivity index (χ3n) is 4.93. The number of carboxylic acid groups (broad SMARTS) is 1. The summed E-state index contributed by atoms with van der Waals surface area (Å²) in [6, 6.07) is 7.93. The lowest BCUT2D eigenvalue weighted by atomic mass is 9.96. The highest BCUT2D eigenvalue weighted by Crippen LogP contribution is 2.33. The summed E-state index contributed by atoms with van der Waals surface area (Å²) in [7, 11) is -4.45. The van der Waals surface area contributed by atoms with Crippen LogP contribution in [0.4, 0.5) is 13.6 Å². The van der Waals surface area contributed by atoms with Crippen molar-refractivity contribution >= 4 is 16.1 Å². The quantitative estimate of drug-likeness (QED) is 0.480. The van der Waals surface area contributed by atoms with E-state index >= 15 is 4.39 Å². The Morgan fingerprint density at radius 2 is 1.88 bits per heavy atom. The topological polar surface area (TPSA) is 113 Å². The molecule has 0 unspecified atom stereocenters. The van der Waals surface area contributed by atoms with Crippen molar-refractivity contribution in [1.82, 2.24) is 13.9 Å². The summed E-state index contributed by atoms with van der Waals surface area (Å²) in [6.07, 6.45) is 0.783. The second kappa shape index (κ2) is 9.51. The van der Waals surface area contributed by atoms with E-state index in [-0.39, 0.29) is 17.0 Å². The van der Waals surface area contributed by atoms with Crippen LogP contribution in [0.25, 0.3) is 11.3 Å². The predicted molar refractivity (Wildman–Crippen MR) is 120 cm³/mol. The number of aliphatic hydroxyl groups is 1. The molecular formula is C23H25F2N3O5S. The van der Waals surface area contributed by atoms with E-state index in [9.17, 15) is 27.8 Å². The van der Waals surface area contributed by atoms with Crippen molar-refractivity contribution in [3.05, 3.63) is 71.7 Å². The van der Waals surface area contributed by atoms with Gasteiger partial charge in [0.1, 0.15) is 5.69 Å². The Balaban J connectivity index is 2.23. The predicted octanol–water partition coefficient (Wildman–Crippen LogP) is 4.08. The Bertz CT molecular complexity index is 1320. The van der Waals surface area contributed by atoms with Crippen molar-refractivity contribution < 1.29 is 32.2 Å². The number of aliphatic hydroxyl groups excluding tert-OH is 1. The maximum Gasteiger partial charge on any atom is 0.407 e. The van der Waals surface area contributed by atoms with Gasteiger partial charge in [0.2, 0.25) is 5.95 Å². The summed E-state index contributed by atoms with van der Waals surface area (Å²) in [5.74, 6) is -2.16. The SMILES string of the molecule is CC(C)(C)CN(Cc1cn(S(=O)(=O)c2cccc(CO)c2)c(-c2cccnc2F)c1F)C(=O)O. The molecule has 11 heteroatoms. The average molecular weight is 494 g/mol. The zero-order chi connectivity index (χ0) is 25.3. The van der Waals surface area contributed by atoms with E-state index in [0.29, 0.717) is 9.54 Å². The molecule has 0 aliphatic heterocycles. The van der Waals surface area contributed by atoms with E-state index in [4.69, 9.17) is 0 Å². The fourth-order valence-corrected chi connectivity index (χ4v) is 4.96. The molecular weight excluding hydrogens is 468 g/mol. The molecule has 2 N–H and O–H groups in total. The first-order valence-electron chi connectivity index (χ1n) is 10.3. The molecule has 34 heavy (non-hydrogen) atoms. The van der Waals surface area contributed by atoms with Crippen molar-refractivity contribution in [1.29, 1.82) is 0 Å². The van der Waals surface area contributed by atoms with Crippen LogP contribution >= 0.6 is 0 Å². The Morgan fingerprint density at radius 1 is 1.18 bits per heavy atom. The number of pyridine rings is 1. The van der Waals surface area contributed by atoms with Gasteiger partial charge in [-0.15, -0.1) is 0 Å². The second-order valence-electron chi connectivity index (χ2n) is 8.96. The Hall–Kier alpha value is -3.31. The van der Waals surface area contributed by atoms with E-state index in [2.05, 4.69) is 4.98 Å². The lowest BCUT2D eigenvalue weighted by Gasteiger charge is -2.27. The lowest BCUT2D eigenvalue weighted by Crippen LogP contribution is -2.36. The minimum Gasteiger partial charge on any atom is -0.465 e. The molecule has 0 saturated carbocycles. The molecule has 0 spiro atoms. The molecule has 0 saturated heterocycles. The highest BCUT2D eigenvalue weighted by molar-refractivity contribution is 7.90. The van der Waals surface area contributed by atoms with Crippen LogP contribution < -0.4 is 0 Å². The third-order valence-corrected chi connectivity index (χ3v) is 6.59. The van der Waals surface area contributed by atoms with Gasteiger partial charge in [-0.1, -0.05) is 32.9 Å². The van der Waals surface area contributed by atoms with Gasteiger partial charge in [-0.25, -0.2) is 26.6 Å². The molecule has 0 aliphatic carbocycles. The Kier molecular flexibility index (Phi) is 7.08. The minimum atomic E-state index is -4.45. The average Bonchev–Trinajstić information content (AvgIpc) is 3.09. The molecule has 0 radical (unpaired) electrons. The Labute approximate surface area is 196 Å². The summed E-state index contributed by atoms with van der Waals surface area (Å²) < 4.78 is 57.7. The van der Waals surface area contributed by atoms with E-state index in [1.807, 2.05) is 0 Å². The first-order valence-corrected chi connectivity index (χ1v) is 11.7. The van der Waals surface area contributed by atoms with Crippen molar-refractivity contribution in [3.63, 3.8) is 0 Å². The molecule has 0 bridgehead atoms. The van der Waals surface area contributed by atoms with E-state index < -0.39 is 57.7 Å². The molecule has 1 amide bonds. The zero-order valence-electron chi connectivity index (χ0n) is 18.9. The second-order valence-corrected chi connectivity index (χ2v) is 10.8. The van der Waals surface area contributed by atoms with Crippen molar-refractivity contribution in [2.45, 2.75) is 38.8 Å². The number of amides is 1. The molecule has 182 valence electrons. The number of hydrogen-bond donors (Lipinski definition) is 2. The van der Waals surface area contributed by atoms with Gasteiger partial charge in [-0.05, 0) is 35.2 Å². The summed E-state index contributed by atoms with van der Waals surface area (Å²) >= 11 is 0. The molecule has 3 rings (SSSR count).